The summed E-state index contributed by atoms with van der Waals surface area (Å²) in [6, 6.07) is 13.0. The van der Waals surface area contributed by atoms with E-state index < -0.39 is 10.0 Å². The van der Waals surface area contributed by atoms with Crippen molar-refractivity contribution < 1.29 is 22.7 Å². The monoisotopic (exact) mass is 446 g/mol. The van der Waals surface area contributed by atoms with E-state index >= 15 is 0 Å². The molecule has 0 unspecified atom stereocenters. The average molecular weight is 447 g/mol. The van der Waals surface area contributed by atoms with Crippen LogP contribution in [0, 0.1) is 0 Å². The van der Waals surface area contributed by atoms with Crippen LogP contribution in [0.3, 0.4) is 0 Å². The highest BCUT2D eigenvalue weighted by Gasteiger charge is 2.16. The van der Waals surface area contributed by atoms with Crippen molar-refractivity contribution in [3.63, 3.8) is 0 Å². The summed E-state index contributed by atoms with van der Waals surface area (Å²) in [4.78, 5) is 12.0. The van der Waals surface area contributed by atoms with E-state index in [-0.39, 0.29) is 10.8 Å². The number of hydrogen-bond acceptors (Lipinski definition) is 5. The normalized spacial score (nSPS) is 11.4. The number of carbonyl (C=O) groups excluding carboxylic acids is 1. The molecule has 2 rings (SSSR count). The third-order valence-corrected chi connectivity index (χ3v) is 5.76. The van der Waals surface area contributed by atoms with Gasteiger partial charge in [0.1, 0.15) is 5.75 Å². The first-order valence-corrected chi connectivity index (χ1v) is 11.7. The Kier molecular flexibility index (Phi) is 10.1. The fourth-order valence-corrected chi connectivity index (χ4v) is 3.73. The van der Waals surface area contributed by atoms with Gasteiger partial charge >= 0.3 is 0 Å². The molecule has 7 nitrogen and oxygen atoms in total. The molecule has 0 heterocycles. The predicted octanol–water partition coefficient (Wildman–Crippen LogP) is 3.83. The maximum atomic E-state index is 12.6. The number of benzene rings is 2. The maximum absolute atomic E-state index is 12.6. The zero-order valence-corrected chi connectivity index (χ0v) is 18.8. The van der Waals surface area contributed by atoms with Gasteiger partial charge in [0.25, 0.3) is 10.0 Å². The standard InChI is InChI=1S/C23H30N2O5S/c1-3-4-17-30-18-7-16-24-23(26)15-12-19-10-13-20(14-11-19)31(27,28)25-21-8-5-6-9-22(21)29-2/h5-6,8-15,25H,3-4,7,16-18H2,1-2H3,(H,24,26)/b15-12+. The zero-order chi connectivity index (χ0) is 22.5. The summed E-state index contributed by atoms with van der Waals surface area (Å²) in [5.74, 6) is 0.229. The summed E-state index contributed by atoms with van der Waals surface area (Å²) in [5.41, 5.74) is 1.08. The Morgan fingerprint density at radius 2 is 1.74 bits per heavy atom. The molecule has 2 N–H and O–H groups in total. The first kappa shape index (κ1) is 24.4. The number of amides is 1. The molecule has 0 bridgehead atoms. The van der Waals surface area contributed by atoms with Gasteiger partial charge in [-0.25, -0.2) is 8.42 Å². The molecule has 1 amide bonds. The van der Waals surface area contributed by atoms with Crippen LogP contribution in [0.5, 0.6) is 5.75 Å². The van der Waals surface area contributed by atoms with E-state index in [4.69, 9.17) is 9.47 Å². The third kappa shape index (κ3) is 8.43. The van der Waals surface area contributed by atoms with E-state index in [0.29, 0.717) is 30.2 Å². The van der Waals surface area contributed by atoms with E-state index in [1.54, 1.807) is 42.5 Å². The lowest BCUT2D eigenvalue weighted by Crippen LogP contribution is -2.23. The van der Waals surface area contributed by atoms with Gasteiger partial charge < -0.3 is 14.8 Å². The van der Waals surface area contributed by atoms with Gasteiger partial charge in [0.15, 0.2) is 0 Å². The first-order valence-electron chi connectivity index (χ1n) is 10.3. The number of ether oxygens (including phenoxy) is 2. The summed E-state index contributed by atoms with van der Waals surface area (Å²) in [5, 5.41) is 2.79. The van der Waals surface area contributed by atoms with Crippen molar-refractivity contribution in [2.75, 3.05) is 31.6 Å². The van der Waals surface area contributed by atoms with Gasteiger partial charge in [0.05, 0.1) is 17.7 Å². The third-order valence-electron chi connectivity index (χ3n) is 4.38. The van der Waals surface area contributed by atoms with Crippen LogP contribution in [-0.2, 0) is 19.6 Å². The van der Waals surface area contributed by atoms with Gasteiger partial charge in [0.2, 0.25) is 5.91 Å². The minimum atomic E-state index is -3.76. The number of nitrogens with one attached hydrogen (secondary N) is 2. The molecule has 0 fully saturated rings. The molecule has 2 aromatic carbocycles. The second-order valence-corrected chi connectivity index (χ2v) is 8.50. The molecule has 0 radical (unpaired) electrons. The molecule has 0 aliphatic rings. The summed E-state index contributed by atoms with van der Waals surface area (Å²) in [6.45, 7) is 4.04. The van der Waals surface area contributed by atoms with Gasteiger partial charge in [0, 0.05) is 25.8 Å². The van der Waals surface area contributed by atoms with E-state index in [1.807, 2.05) is 0 Å². The predicted molar refractivity (Wildman–Crippen MR) is 123 cm³/mol. The van der Waals surface area contributed by atoms with E-state index in [2.05, 4.69) is 17.0 Å². The van der Waals surface area contributed by atoms with Crippen LogP contribution in [0.1, 0.15) is 31.7 Å². The molecule has 31 heavy (non-hydrogen) atoms. The second-order valence-electron chi connectivity index (χ2n) is 6.82. The highest BCUT2D eigenvalue weighted by molar-refractivity contribution is 7.92. The molecule has 0 aromatic heterocycles. The molecule has 8 heteroatoms. The lowest BCUT2D eigenvalue weighted by molar-refractivity contribution is -0.116. The van der Waals surface area contributed by atoms with Gasteiger partial charge in [-0.15, -0.1) is 0 Å². The molecular weight excluding hydrogens is 416 g/mol. The number of sulfonamides is 1. The molecule has 168 valence electrons. The van der Waals surface area contributed by atoms with Gasteiger partial charge in [-0.2, -0.15) is 0 Å². The van der Waals surface area contributed by atoms with Crippen molar-refractivity contribution in [3.8, 4) is 5.75 Å². The van der Waals surface area contributed by atoms with E-state index in [0.717, 1.165) is 25.9 Å². The molecule has 0 saturated heterocycles. The van der Waals surface area contributed by atoms with Crippen molar-refractivity contribution >= 4 is 27.7 Å². The summed E-state index contributed by atoms with van der Waals surface area (Å²) >= 11 is 0. The Morgan fingerprint density at radius 3 is 2.45 bits per heavy atom. The van der Waals surface area contributed by atoms with Crippen LogP contribution in [0.15, 0.2) is 59.5 Å². The number of hydrogen-bond donors (Lipinski definition) is 2. The minimum absolute atomic E-state index is 0.114. The Bertz CT molecular complexity index is 956. The molecular formula is C23H30N2O5S. The first-order chi connectivity index (χ1) is 15.0. The lowest BCUT2D eigenvalue weighted by atomic mass is 10.2. The van der Waals surface area contributed by atoms with Crippen molar-refractivity contribution in [3.05, 3.63) is 60.2 Å². The van der Waals surface area contributed by atoms with Crippen LogP contribution < -0.4 is 14.8 Å². The number of unbranched alkanes of at least 4 members (excludes halogenated alkanes) is 1. The van der Waals surface area contributed by atoms with Gasteiger partial charge in [-0.1, -0.05) is 37.6 Å². The topological polar surface area (TPSA) is 93.7 Å². The van der Waals surface area contributed by atoms with Crippen molar-refractivity contribution in [2.45, 2.75) is 31.1 Å². The number of rotatable bonds is 13. The van der Waals surface area contributed by atoms with Crippen molar-refractivity contribution in [1.82, 2.24) is 5.32 Å². The zero-order valence-electron chi connectivity index (χ0n) is 18.0. The van der Waals surface area contributed by atoms with E-state index in [9.17, 15) is 13.2 Å². The van der Waals surface area contributed by atoms with Crippen molar-refractivity contribution in [1.29, 1.82) is 0 Å². The Balaban J connectivity index is 1.86. The Morgan fingerprint density at radius 1 is 1.03 bits per heavy atom. The van der Waals surface area contributed by atoms with Gasteiger partial charge in [-0.05, 0) is 48.7 Å². The average Bonchev–Trinajstić information content (AvgIpc) is 2.77. The summed E-state index contributed by atoms with van der Waals surface area (Å²) in [7, 11) is -2.28. The molecule has 0 aliphatic carbocycles. The fourth-order valence-electron chi connectivity index (χ4n) is 2.66. The number of para-hydroxylation sites is 2. The Hall–Kier alpha value is -2.84. The molecule has 2 aromatic rings. The SMILES string of the molecule is CCCCOCCCNC(=O)/C=C/c1ccc(S(=O)(=O)Nc2ccccc2OC)cc1. The lowest BCUT2D eigenvalue weighted by Gasteiger charge is -2.11. The number of anilines is 1. The highest BCUT2D eigenvalue weighted by Crippen LogP contribution is 2.26. The quantitative estimate of drug-likeness (QED) is 0.360. The van der Waals surface area contributed by atoms with E-state index in [1.165, 1.54) is 25.3 Å². The minimum Gasteiger partial charge on any atom is -0.495 e. The molecule has 0 aliphatic heterocycles. The van der Waals surface area contributed by atoms with Crippen LogP contribution in [0.4, 0.5) is 5.69 Å². The summed E-state index contributed by atoms with van der Waals surface area (Å²) in [6.07, 6.45) is 5.97. The van der Waals surface area contributed by atoms with Crippen LogP contribution >= 0.6 is 0 Å². The summed E-state index contributed by atoms with van der Waals surface area (Å²) < 4.78 is 38.4. The van der Waals surface area contributed by atoms with Crippen LogP contribution in [0.2, 0.25) is 0 Å². The largest absolute Gasteiger partial charge is 0.495 e. The fraction of sp³-hybridized carbons (Fsp3) is 0.348. The molecule has 0 saturated carbocycles. The maximum Gasteiger partial charge on any atom is 0.262 e. The van der Waals surface area contributed by atoms with Crippen LogP contribution in [-0.4, -0.2) is 41.2 Å². The van der Waals surface area contributed by atoms with Gasteiger partial charge in [-0.3, -0.25) is 9.52 Å². The van der Waals surface area contributed by atoms with Crippen molar-refractivity contribution in [2.24, 2.45) is 0 Å². The highest BCUT2D eigenvalue weighted by atomic mass is 32.2. The Labute approximate surface area is 184 Å². The second kappa shape index (κ2) is 12.8. The molecule has 0 spiro atoms. The van der Waals surface area contributed by atoms with Crippen LogP contribution in [0.25, 0.3) is 6.08 Å². The number of carbonyl (C=O) groups is 1. The smallest absolute Gasteiger partial charge is 0.262 e. The molecule has 0 atom stereocenters. The number of methoxy groups -OCH3 is 1.